The predicted octanol–water partition coefficient (Wildman–Crippen LogP) is 3.16. The third kappa shape index (κ3) is 3.90. The fourth-order valence-corrected chi connectivity index (χ4v) is 4.76. The molecule has 2 N–H and O–H groups in total. The van der Waals surface area contributed by atoms with Crippen molar-refractivity contribution in [3.8, 4) is 0 Å². The molecule has 0 bridgehead atoms. The molecule has 4 rings (SSSR count). The molecule has 0 radical (unpaired) electrons. The van der Waals surface area contributed by atoms with Crippen LogP contribution in [-0.2, 0) is 15.1 Å². The highest BCUT2D eigenvalue weighted by molar-refractivity contribution is 8.13. The average Bonchev–Trinajstić information content (AvgIpc) is 3.14. The smallest absolute Gasteiger partial charge is 0.257 e. The Hall–Kier alpha value is -2.71. The third-order valence-corrected chi connectivity index (χ3v) is 6.08. The van der Waals surface area contributed by atoms with E-state index in [1.54, 1.807) is 30.3 Å². The summed E-state index contributed by atoms with van der Waals surface area (Å²) < 4.78 is 20.5. The van der Waals surface area contributed by atoms with Crippen LogP contribution in [-0.4, -0.2) is 35.9 Å². The maximum Gasteiger partial charge on any atom is 0.257 e. The average molecular weight is 413 g/mol. The van der Waals surface area contributed by atoms with Crippen molar-refractivity contribution in [3.05, 3.63) is 65.5 Å². The van der Waals surface area contributed by atoms with E-state index in [2.05, 4.69) is 10.6 Å². The van der Waals surface area contributed by atoms with Crippen LogP contribution < -0.4 is 10.6 Å². The zero-order valence-corrected chi connectivity index (χ0v) is 16.6. The fourth-order valence-electron chi connectivity index (χ4n) is 3.63. The lowest BCUT2D eigenvalue weighted by Gasteiger charge is -2.35. The number of nitrogens with one attached hydrogen (secondary N) is 2. The number of hydrogen-bond donors (Lipinski definition) is 2. The quantitative estimate of drug-likeness (QED) is 0.810. The molecule has 2 atom stereocenters. The van der Waals surface area contributed by atoms with Gasteiger partial charge in [-0.2, -0.15) is 0 Å². The fraction of sp³-hybridized carbons (Fsp3) is 0.286. The number of carbonyl (C=O) groups excluding carboxylic acids is 2. The highest BCUT2D eigenvalue weighted by Gasteiger charge is 2.49. The van der Waals surface area contributed by atoms with E-state index in [9.17, 15) is 14.0 Å². The molecule has 0 spiro atoms. The Bertz CT molecular complexity index is 982. The van der Waals surface area contributed by atoms with Crippen LogP contribution >= 0.6 is 11.8 Å². The molecule has 2 aromatic rings. The van der Waals surface area contributed by atoms with Gasteiger partial charge >= 0.3 is 0 Å². The number of hydrogen-bond acceptors (Lipinski definition) is 5. The topological polar surface area (TPSA) is 79.8 Å². The lowest BCUT2D eigenvalue weighted by atomic mass is 9.81. The number of carbonyl (C=O) groups is 2. The molecule has 2 heterocycles. The Morgan fingerprint density at radius 2 is 2.00 bits per heavy atom. The van der Waals surface area contributed by atoms with Crippen LogP contribution in [0.1, 0.15) is 22.8 Å². The molecule has 8 heteroatoms. The summed E-state index contributed by atoms with van der Waals surface area (Å²) in [6.07, 6.45) is 0. The normalized spacial score (nSPS) is 23.1. The van der Waals surface area contributed by atoms with Gasteiger partial charge in [0.05, 0.1) is 13.2 Å². The van der Waals surface area contributed by atoms with Crippen molar-refractivity contribution in [2.24, 2.45) is 10.9 Å². The van der Waals surface area contributed by atoms with Gasteiger partial charge in [-0.3, -0.25) is 9.59 Å². The Morgan fingerprint density at radius 1 is 1.21 bits per heavy atom. The maximum atomic E-state index is 14.8. The van der Waals surface area contributed by atoms with Crippen molar-refractivity contribution in [1.29, 1.82) is 0 Å². The monoisotopic (exact) mass is 413 g/mol. The second-order valence-corrected chi connectivity index (χ2v) is 8.07. The molecule has 2 aromatic carbocycles. The third-order valence-electron chi connectivity index (χ3n) is 5.05. The summed E-state index contributed by atoms with van der Waals surface area (Å²) in [5, 5.41) is 5.95. The van der Waals surface area contributed by atoms with Crippen molar-refractivity contribution in [1.82, 2.24) is 5.32 Å². The van der Waals surface area contributed by atoms with Gasteiger partial charge in [0.1, 0.15) is 11.4 Å². The number of aliphatic imine (C=N–C) groups is 1. The van der Waals surface area contributed by atoms with E-state index in [-0.39, 0.29) is 24.3 Å². The number of halogens is 1. The van der Waals surface area contributed by atoms with Gasteiger partial charge in [-0.05, 0) is 30.3 Å². The van der Waals surface area contributed by atoms with E-state index < -0.39 is 11.4 Å². The first kappa shape index (κ1) is 19.6. The van der Waals surface area contributed by atoms with E-state index in [4.69, 9.17) is 9.73 Å². The zero-order valence-electron chi connectivity index (χ0n) is 15.8. The number of rotatable bonds is 3. The molecule has 150 valence electrons. The minimum absolute atomic E-state index is 0.0352. The zero-order chi connectivity index (χ0) is 20.4. The second kappa shape index (κ2) is 7.96. The van der Waals surface area contributed by atoms with Crippen molar-refractivity contribution >= 4 is 34.4 Å². The second-order valence-electron chi connectivity index (χ2n) is 7.06. The van der Waals surface area contributed by atoms with E-state index >= 15 is 0 Å². The van der Waals surface area contributed by atoms with Crippen LogP contribution in [0.15, 0.2) is 53.5 Å². The molecular weight excluding hydrogens is 393 g/mol. The minimum atomic E-state index is -0.941. The molecule has 2 aliphatic heterocycles. The maximum absolute atomic E-state index is 14.8. The van der Waals surface area contributed by atoms with Gasteiger partial charge in [-0.25, -0.2) is 9.38 Å². The molecule has 0 aliphatic carbocycles. The summed E-state index contributed by atoms with van der Waals surface area (Å²) in [4.78, 5) is 28.7. The van der Waals surface area contributed by atoms with Crippen LogP contribution in [0.4, 0.5) is 10.1 Å². The molecule has 29 heavy (non-hydrogen) atoms. The molecule has 6 nitrogen and oxygen atoms in total. The highest BCUT2D eigenvalue weighted by Crippen LogP contribution is 2.46. The van der Waals surface area contributed by atoms with Crippen molar-refractivity contribution in [2.45, 2.75) is 12.5 Å². The molecule has 0 saturated carbocycles. The van der Waals surface area contributed by atoms with Crippen molar-refractivity contribution in [3.63, 3.8) is 0 Å². The SMILES string of the molecule is CC(=O)Nc1ccc(F)c([C@]23COC[C@H]2CSC(NC(=O)c2ccccc2)=N3)c1. The highest BCUT2D eigenvalue weighted by atomic mass is 32.2. The number of amidine groups is 1. The molecule has 2 aliphatic rings. The predicted molar refractivity (Wildman–Crippen MR) is 110 cm³/mol. The van der Waals surface area contributed by atoms with Crippen molar-refractivity contribution in [2.75, 3.05) is 24.3 Å². The van der Waals surface area contributed by atoms with E-state index in [0.29, 0.717) is 34.3 Å². The first-order valence-electron chi connectivity index (χ1n) is 9.22. The van der Waals surface area contributed by atoms with Crippen LogP contribution in [0.2, 0.25) is 0 Å². The number of amides is 2. The summed E-state index contributed by atoms with van der Waals surface area (Å²) in [5.74, 6) is -0.321. The van der Waals surface area contributed by atoms with Gasteiger partial charge in [-0.1, -0.05) is 30.0 Å². The van der Waals surface area contributed by atoms with Gasteiger partial charge in [0.25, 0.3) is 5.91 Å². The molecule has 1 fully saturated rings. The lowest BCUT2D eigenvalue weighted by Crippen LogP contribution is -2.42. The Balaban J connectivity index is 1.69. The van der Waals surface area contributed by atoms with E-state index in [1.807, 2.05) is 6.07 Å². The number of benzene rings is 2. The van der Waals surface area contributed by atoms with Crippen LogP contribution in [0.5, 0.6) is 0 Å². The first-order chi connectivity index (χ1) is 14.0. The molecule has 1 saturated heterocycles. The molecule has 0 aromatic heterocycles. The van der Waals surface area contributed by atoms with Gasteiger partial charge in [0.2, 0.25) is 5.91 Å². The van der Waals surface area contributed by atoms with Gasteiger partial charge in [0, 0.05) is 35.4 Å². The lowest BCUT2D eigenvalue weighted by molar-refractivity contribution is -0.114. The number of fused-ring (bicyclic) bond motifs is 1. The summed E-state index contributed by atoms with van der Waals surface area (Å²) in [5.41, 5.74) is 0.437. The summed E-state index contributed by atoms with van der Waals surface area (Å²) in [7, 11) is 0. The Labute approximate surface area is 171 Å². The minimum Gasteiger partial charge on any atom is -0.378 e. The first-order valence-corrected chi connectivity index (χ1v) is 10.2. The number of nitrogens with zero attached hydrogens (tertiary/aromatic N) is 1. The summed E-state index contributed by atoms with van der Waals surface area (Å²) in [6, 6.07) is 13.3. The van der Waals surface area contributed by atoms with E-state index in [0.717, 1.165) is 0 Å². The summed E-state index contributed by atoms with van der Waals surface area (Å²) >= 11 is 1.42. The van der Waals surface area contributed by atoms with Gasteiger partial charge < -0.3 is 15.4 Å². The van der Waals surface area contributed by atoms with Gasteiger partial charge in [0.15, 0.2) is 5.17 Å². The van der Waals surface area contributed by atoms with Crippen molar-refractivity contribution < 1.29 is 18.7 Å². The van der Waals surface area contributed by atoms with E-state index in [1.165, 1.54) is 30.8 Å². The summed E-state index contributed by atoms with van der Waals surface area (Å²) in [6.45, 7) is 2.07. The molecule has 2 amide bonds. The van der Waals surface area contributed by atoms with Crippen LogP contribution in [0.3, 0.4) is 0 Å². The molecule has 0 unspecified atom stereocenters. The van der Waals surface area contributed by atoms with Crippen LogP contribution in [0.25, 0.3) is 0 Å². The molecular formula is C21H20FN3O3S. The van der Waals surface area contributed by atoms with Gasteiger partial charge in [-0.15, -0.1) is 0 Å². The Kier molecular flexibility index (Phi) is 5.38. The number of ether oxygens (including phenoxy) is 1. The number of thioether (sulfide) groups is 1. The van der Waals surface area contributed by atoms with Crippen LogP contribution in [0, 0.1) is 11.7 Å². The Morgan fingerprint density at radius 3 is 2.76 bits per heavy atom. The largest absolute Gasteiger partial charge is 0.378 e. The standard InChI is InChI=1S/C21H20FN3O3S/c1-13(26)23-16-7-8-18(22)17(9-16)21-12-28-10-15(21)11-29-20(25-21)24-19(27)14-5-3-2-4-6-14/h2-9,15H,10-12H2,1H3,(H,23,26)(H,24,25,27)/t15-,21-/m0/s1. The number of anilines is 1.